The molecule has 1 atom stereocenters. The van der Waals surface area contributed by atoms with Crippen LogP contribution in [0, 0.1) is 17.8 Å². The van der Waals surface area contributed by atoms with E-state index < -0.39 is 0 Å². The minimum atomic E-state index is 0.653. The molecule has 1 unspecified atom stereocenters. The van der Waals surface area contributed by atoms with E-state index in [2.05, 4.69) is 27.7 Å². The van der Waals surface area contributed by atoms with E-state index in [9.17, 15) is 0 Å². The summed E-state index contributed by atoms with van der Waals surface area (Å²) >= 11 is 0. The summed E-state index contributed by atoms with van der Waals surface area (Å²) in [5, 5.41) is 0. The van der Waals surface area contributed by atoms with Gasteiger partial charge < -0.3 is 4.74 Å². The zero-order chi connectivity index (χ0) is 12.0. The largest absolute Gasteiger partial charge is 0.493 e. The molecule has 0 spiro atoms. The van der Waals surface area contributed by atoms with E-state index in [4.69, 9.17) is 4.74 Å². The van der Waals surface area contributed by atoms with Gasteiger partial charge in [0.25, 0.3) is 0 Å². The highest BCUT2D eigenvalue weighted by molar-refractivity contribution is 5.20. The minimum Gasteiger partial charge on any atom is -0.493 e. The molecule has 0 saturated carbocycles. The third-order valence-electron chi connectivity index (χ3n) is 2.92. The monoisotopic (exact) mass is 220 g/mol. The Bertz CT molecular complexity index is 277. The van der Waals surface area contributed by atoms with Crippen LogP contribution in [0.4, 0.5) is 0 Å². The van der Waals surface area contributed by atoms with Crippen molar-refractivity contribution in [2.45, 2.75) is 34.1 Å². The highest BCUT2D eigenvalue weighted by Gasteiger charge is 2.15. The fourth-order valence-corrected chi connectivity index (χ4v) is 1.86. The summed E-state index contributed by atoms with van der Waals surface area (Å²) in [5.74, 6) is 3.06. The Labute approximate surface area is 99.8 Å². The van der Waals surface area contributed by atoms with Gasteiger partial charge in [0.2, 0.25) is 0 Å². The lowest BCUT2D eigenvalue weighted by Gasteiger charge is -2.23. The van der Waals surface area contributed by atoms with E-state index in [-0.39, 0.29) is 0 Å². The Morgan fingerprint density at radius 1 is 1.00 bits per heavy atom. The molecule has 0 N–H and O–H groups in total. The van der Waals surface area contributed by atoms with E-state index in [1.807, 2.05) is 30.3 Å². The first kappa shape index (κ1) is 13.1. The molecule has 1 aromatic carbocycles. The molecular formula is C15H24O. The predicted octanol–water partition coefficient (Wildman–Crippen LogP) is 4.38. The molecule has 0 aliphatic heterocycles. The lowest BCUT2D eigenvalue weighted by molar-refractivity contribution is 0.186. The summed E-state index contributed by atoms with van der Waals surface area (Å²) in [5.41, 5.74) is 0. The third-order valence-corrected chi connectivity index (χ3v) is 2.92. The first-order chi connectivity index (χ1) is 7.59. The zero-order valence-corrected chi connectivity index (χ0v) is 10.9. The molecule has 1 rings (SSSR count). The van der Waals surface area contributed by atoms with Crippen LogP contribution in [0.5, 0.6) is 5.75 Å². The highest BCUT2D eigenvalue weighted by Crippen LogP contribution is 2.21. The molecule has 1 aromatic rings. The molecule has 1 heteroatoms. The van der Waals surface area contributed by atoms with Gasteiger partial charge in [-0.05, 0) is 36.3 Å². The number of ether oxygens (including phenoxy) is 1. The quantitative estimate of drug-likeness (QED) is 0.691. The maximum absolute atomic E-state index is 5.83. The van der Waals surface area contributed by atoms with Crippen molar-refractivity contribution in [3.05, 3.63) is 30.3 Å². The van der Waals surface area contributed by atoms with Crippen LogP contribution >= 0.6 is 0 Å². The Hall–Kier alpha value is -0.980. The first-order valence-corrected chi connectivity index (χ1v) is 6.27. The summed E-state index contributed by atoms with van der Waals surface area (Å²) in [6, 6.07) is 10.1. The third kappa shape index (κ3) is 4.69. The van der Waals surface area contributed by atoms with Crippen molar-refractivity contribution in [1.29, 1.82) is 0 Å². The summed E-state index contributed by atoms with van der Waals surface area (Å²) < 4.78 is 5.83. The summed E-state index contributed by atoms with van der Waals surface area (Å²) in [6.07, 6.45) is 1.24. The Morgan fingerprint density at radius 2 is 1.62 bits per heavy atom. The normalized spacial score (nSPS) is 13.1. The highest BCUT2D eigenvalue weighted by atomic mass is 16.5. The van der Waals surface area contributed by atoms with Crippen LogP contribution in [-0.4, -0.2) is 6.61 Å². The first-order valence-electron chi connectivity index (χ1n) is 6.27. The second-order valence-electron chi connectivity index (χ2n) is 5.26. The average molecular weight is 220 g/mol. The van der Waals surface area contributed by atoms with Crippen molar-refractivity contribution in [2.24, 2.45) is 17.8 Å². The van der Waals surface area contributed by atoms with Crippen molar-refractivity contribution in [1.82, 2.24) is 0 Å². The van der Waals surface area contributed by atoms with Gasteiger partial charge in [0.05, 0.1) is 6.61 Å². The van der Waals surface area contributed by atoms with Crippen molar-refractivity contribution < 1.29 is 4.74 Å². The lowest BCUT2D eigenvalue weighted by Crippen LogP contribution is -2.19. The number of rotatable bonds is 6. The van der Waals surface area contributed by atoms with Gasteiger partial charge >= 0.3 is 0 Å². The molecule has 0 aliphatic rings. The van der Waals surface area contributed by atoms with Crippen LogP contribution in [0.3, 0.4) is 0 Å². The number of benzene rings is 1. The van der Waals surface area contributed by atoms with Crippen molar-refractivity contribution in [3.8, 4) is 5.75 Å². The molecule has 0 saturated heterocycles. The fraction of sp³-hybridized carbons (Fsp3) is 0.600. The predicted molar refractivity (Wildman–Crippen MR) is 69.7 cm³/mol. The molecule has 0 radical (unpaired) electrons. The Morgan fingerprint density at radius 3 is 2.12 bits per heavy atom. The maximum atomic E-state index is 5.83. The average Bonchev–Trinajstić information content (AvgIpc) is 2.25. The van der Waals surface area contributed by atoms with Crippen molar-refractivity contribution in [3.63, 3.8) is 0 Å². The van der Waals surface area contributed by atoms with Crippen LogP contribution in [0.25, 0.3) is 0 Å². The standard InChI is InChI=1S/C15H24O/c1-12(2)10-14(13(3)4)11-16-15-8-6-5-7-9-15/h5-9,12-14H,10-11H2,1-4H3. The van der Waals surface area contributed by atoms with Crippen LogP contribution in [-0.2, 0) is 0 Å². The van der Waals surface area contributed by atoms with Gasteiger partial charge in [-0.15, -0.1) is 0 Å². The molecule has 0 fully saturated rings. The van der Waals surface area contributed by atoms with Gasteiger partial charge in [-0.1, -0.05) is 45.9 Å². The second-order valence-corrected chi connectivity index (χ2v) is 5.26. The van der Waals surface area contributed by atoms with E-state index in [0.717, 1.165) is 18.3 Å². The maximum Gasteiger partial charge on any atom is 0.119 e. The molecule has 0 bridgehead atoms. The molecule has 0 heterocycles. The summed E-state index contributed by atoms with van der Waals surface area (Å²) in [4.78, 5) is 0. The number of hydrogen-bond donors (Lipinski definition) is 0. The SMILES string of the molecule is CC(C)CC(COc1ccccc1)C(C)C. The van der Waals surface area contributed by atoms with E-state index in [0.29, 0.717) is 11.8 Å². The van der Waals surface area contributed by atoms with Gasteiger partial charge in [0, 0.05) is 0 Å². The summed E-state index contributed by atoms with van der Waals surface area (Å²) in [6.45, 7) is 9.94. The van der Waals surface area contributed by atoms with Crippen LogP contribution in [0.1, 0.15) is 34.1 Å². The number of para-hydroxylation sites is 1. The molecule has 16 heavy (non-hydrogen) atoms. The van der Waals surface area contributed by atoms with Gasteiger partial charge in [-0.2, -0.15) is 0 Å². The second kappa shape index (κ2) is 6.57. The zero-order valence-electron chi connectivity index (χ0n) is 10.9. The van der Waals surface area contributed by atoms with E-state index in [1.165, 1.54) is 6.42 Å². The van der Waals surface area contributed by atoms with Crippen molar-refractivity contribution >= 4 is 0 Å². The number of hydrogen-bond acceptors (Lipinski definition) is 1. The van der Waals surface area contributed by atoms with Crippen LogP contribution < -0.4 is 4.74 Å². The molecule has 90 valence electrons. The van der Waals surface area contributed by atoms with Gasteiger partial charge in [0.1, 0.15) is 5.75 Å². The molecule has 0 aromatic heterocycles. The molecule has 0 aliphatic carbocycles. The van der Waals surface area contributed by atoms with E-state index in [1.54, 1.807) is 0 Å². The fourth-order valence-electron chi connectivity index (χ4n) is 1.86. The van der Waals surface area contributed by atoms with Crippen LogP contribution in [0.15, 0.2) is 30.3 Å². The smallest absolute Gasteiger partial charge is 0.119 e. The van der Waals surface area contributed by atoms with Gasteiger partial charge in [0.15, 0.2) is 0 Å². The molecular weight excluding hydrogens is 196 g/mol. The molecule has 0 amide bonds. The van der Waals surface area contributed by atoms with Gasteiger partial charge in [-0.3, -0.25) is 0 Å². The van der Waals surface area contributed by atoms with Gasteiger partial charge in [-0.25, -0.2) is 0 Å². The summed E-state index contributed by atoms with van der Waals surface area (Å²) in [7, 11) is 0. The Balaban J connectivity index is 2.44. The lowest BCUT2D eigenvalue weighted by atomic mass is 9.88. The van der Waals surface area contributed by atoms with Crippen LogP contribution in [0.2, 0.25) is 0 Å². The van der Waals surface area contributed by atoms with E-state index >= 15 is 0 Å². The topological polar surface area (TPSA) is 9.23 Å². The van der Waals surface area contributed by atoms with Crippen molar-refractivity contribution in [2.75, 3.05) is 6.61 Å². The minimum absolute atomic E-state index is 0.653. The Kier molecular flexibility index (Phi) is 5.37. The molecule has 1 nitrogen and oxygen atoms in total.